The number of carbonyl (C=O) groups excluding carboxylic acids is 3. The highest BCUT2D eigenvalue weighted by Gasteiger charge is 2.30. The van der Waals surface area contributed by atoms with Crippen molar-refractivity contribution in [1.82, 2.24) is 10.3 Å². The van der Waals surface area contributed by atoms with Crippen molar-refractivity contribution in [1.29, 1.82) is 0 Å². The Bertz CT molecular complexity index is 853. The zero-order valence-corrected chi connectivity index (χ0v) is 15.6. The van der Waals surface area contributed by atoms with Gasteiger partial charge in [-0.1, -0.05) is 25.2 Å². The van der Waals surface area contributed by atoms with Gasteiger partial charge in [0.1, 0.15) is 9.75 Å². The molecule has 0 unspecified atom stereocenters. The third-order valence-corrected chi connectivity index (χ3v) is 5.79. The summed E-state index contributed by atoms with van der Waals surface area (Å²) in [5.41, 5.74) is 0.598. The summed E-state index contributed by atoms with van der Waals surface area (Å²) in [6.45, 7) is 4.70. The molecule has 0 aromatic carbocycles. The fourth-order valence-electron chi connectivity index (χ4n) is 2.45. The number of aromatic nitrogens is 1. The Morgan fingerprint density at radius 3 is 2.72 bits per heavy atom. The molecule has 2 amide bonds. The number of anilines is 1. The third-order valence-electron chi connectivity index (χ3n) is 3.71. The number of rotatable bonds is 3. The van der Waals surface area contributed by atoms with Crippen LogP contribution in [0.25, 0.3) is 0 Å². The summed E-state index contributed by atoms with van der Waals surface area (Å²) in [7, 11) is 1.29. The molecule has 0 bridgehead atoms. The molecule has 1 aliphatic heterocycles. The number of esters is 1. The number of hydrogen-bond donors (Lipinski definition) is 2. The van der Waals surface area contributed by atoms with Crippen LogP contribution >= 0.6 is 22.7 Å². The Kier molecular flexibility index (Phi) is 4.61. The van der Waals surface area contributed by atoms with Crippen LogP contribution in [0.5, 0.6) is 0 Å². The van der Waals surface area contributed by atoms with Crippen LogP contribution in [-0.2, 0) is 11.2 Å². The van der Waals surface area contributed by atoms with Crippen LogP contribution in [0.15, 0.2) is 12.1 Å². The van der Waals surface area contributed by atoms with Gasteiger partial charge in [-0.15, -0.1) is 11.3 Å². The van der Waals surface area contributed by atoms with Crippen LogP contribution in [0.3, 0.4) is 0 Å². The normalized spacial score (nSPS) is 15.7. The highest BCUT2D eigenvalue weighted by molar-refractivity contribution is 7.18. The molecule has 132 valence electrons. The van der Waals surface area contributed by atoms with E-state index in [-0.39, 0.29) is 17.2 Å². The molecule has 0 radical (unpaired) electrons. The Morgan fingerprint density at radius 1 is 1.28 bits per heavy atom. The van der Waals surface area contributed by atoms with E-state index in [1.807, 2.05) is 0 Å². The van der Waals surface area contributed by atoms with Crippen molar-refractivity contribution >= 4 is 45.6 Å². The van der Waals surface area contributed by atoms with Gasteiger partial charge < -0.3 is 10.1 Å². The molecule has 3 heterocycles. The summed E-state index contributed by atoms with van der Waals surface area (Å²) in [5, 5.41) is 5.95. The van der Waals surface area contributed by atoms with E-state index >= 15 is 0 Å². The van der Waals surface area contributed by atoms with E-state index in [4.69, 9.17) is 0 Å². The van der Waals surface area contributed by atoms with Crippen LogP contribution in [0, 0.1) is 5.41 Å². The Labute approximate surface area is 152 Å². The number of fused-ring (bicyclic) bond motifs is 1. The first-order valence-electron chi connectivity index (χ1n) is 7.56. The predicted molar refractivity (Wildman–Crippen MR) is 95.5 cm³/mol. The number of carbonyl (C=O) groups is 3. The number of hydrogen-bond acceptors (Lipinski definition) is 7. The summed E-state index contributed by atoms with van der Waals surface area (Å²) < 4.78 is 4.63. The smallest absolute Gasteiger partial charge is 0.348 e. The minimum Gasteiger partial charge on any atom is -0.465 e. The Hall–Kier alpha value is -2.26. The molecule has 0 aliphatic carbocycles. The average Bonchev–Trinajstić information content (AvgIpc) is 3.17. The fourth-order valence-corrected chi connectivity index (χ4v) is 4.16. The van der Waals surface area contributed by atoms with E-state index in [2.05, 4.69) is 34.2 Å². The summed E-state index contributed by atoms with van der Waals surface area (Å²) in [6.07, 6.45) is 0.652. The number of amides is 2. The highest BCUT2D eigenvalue weighted by atomic mass is 32.1. The topological polar surface area (TPSA) is 97.4 Å². The molecule has 2 aromatic heterocycles. The Morgan fingerprint density at radius 2 is 2.00 bits per heavy atom. The van der Waals surface area contributed by atoms with Crippen molar-refractivity contribution in [2.24, 2.45) is 5.41 Å². The average molecular weight is 379 g/mol. The minimum absolute atomic E-state index is 0.0978. The van der Waals surface area contributed by atoms with E-state index in [1.54, 1.807) is 12.1 Å². The number of methoxy groups -OCH3 is 1. The van der Waals surface area contributed by atoms with E-state index in [9.17, 15) is 14.4 Å². The zero-order valence-electron chi connectivity index (χ0n) is 14.0. The lowest BCUT2D eigenvalue weighted by Crippen LogP contribution is -2.31. The summed E-state index contributed by atoms with van der Waals surface area (Å²) in [4.78, 5) is 41.7. The van der Waals surface area contributed by atoms with E-state index < -0.39 is 5.97 Å². The van der Waals surface area contributed by atoms with E-state index in [0.29, 0.717) is 38.4 Å². The molecule has 0 spiro atoms. The molecule has 0 saturated carbocycles. The SMILES string of the molecule is COC(=O)c1ccc(C(=O)Nc2nc3c(s2)C(=O)NCC(C)(C)C3)s1. The molecule has 3 rings (SSSR count). The molecule has 25 heavy (non-hydrogen) atoms. The third kappa shape index (κ3) is 3.72. The van der Waals surface area contributed by atoms with Crippen LogP contribution in [0.4, 0.5) is 5.13 Å². The summed E-state index contributed by atoms with van der Waals surface area (Å²) >= 11 is 2.20. The Balaban J connectivity index is 1.79. The molecule has 9 heteroatoms. The van der Waals surface area contributed by atoms with Gasteiger partial charge >= 0.3 is 5.97 Å². The van der Waals surface area contributed by atoms with Gasteiger partial charge in [0.05, 0.1) is 17.7 Å². The summed E-state index contributed by atoms with van der Waals surface area (Å²) in [6, 6.07) is 3.10. The summed E-state index contributed by atoms with van der Waals surface area (Å²) in [5.74, 6) is -1.02. The van der Waals surface area contributed by atoms with Gasteiger partial charge in [-0.25, -0.2) is 9.78 Å². The van der Waals surface area contributed by atoms with Gasteiger partial charge in [-0.05, 0) is 24.0 Å². The van der Waals surface area contributed by atoms with Crippen LogP contribution in [-0.4, -0.2) is 36.4 Å². The van der Waals surface area contributed by atoms with E-state index in [1.165, 1.54) is 7.11 Å². The van der Waals surface area contributed by atoms with Gasteiger partial charge in [0.25, 0.3) is 11.8 Å². The molecule has 1 aliphatic rings. The monoisotopic (exact) mass is 379 g/mol. The quantitative estimate of drug-likeness (QED) is 0.799. The van der Waals surface area contributed by atoms with Crippen molar-refractivity contribution in [2.75, 3.05) is 19.0 Å². The second kappa shape index (κ2) is 6.57. The standard InChI is InChI=1S/C16H17N3O4S2/c1-16(2)6-8-11(13(21)17-7-16)25-15(18-8)19-12(20)9-4-5-10(24-9)14(22)23-3/h4-5H,6-7H2,1-3H3,(H,17,21)(H,18,19,20). The van der Waals surface area contributed by atoms with Gasteiger partial charge in [0, 0.05) is 6.54 Å². The van der Waals surface area contributed by atoms with Gasteiger partial charge in [0.2, 0.25) is 0 Å². The second-order valence-electron chi connectivity index (χ2n) is 6.43. The van der Waals surface area contributed by atoms with Crippen molar-refractivity contribution in [3.63, 3.8) is 0 Å². The molecule has 0 fully saturated rings. The maximum Gasteiger partial charge on any atom is 0.348 e. The van der Waals surface area contributed by atoms with Crippen molar-refractivity contribution < 1.29 is 19.1 Å². The number of thiophene rings is 1. The first kappa shape index (κ1) is 17.6. The zero-order chi connectivity index (χ0) is 18.2. The number of thiazole rings is 1. The maximum absolute atomic E-state index is 12.3. The van der Waals surface area contributed by atoms with Gasteiger partial charge in [-0.3, -0.25) is 14.9 Å². The van der Waals surface area contributed by atoms with Crippen LogP contribution in [0.2, 0.25) is 0 Å². The lowest BCUT2D eigenvalue weighted by molar-refractivity contribution is 0.0606. The van der Waals surface area contributed by atoms with E-state index in [0.717, 1.165) is 22.7 Å². The van der Waals surface area contributed by atoms with Gasteiger partial charge in [-0.2, -0.15) is 0 Å². The van der Waals surface area contributed by atoms with Crippen LogP contribution < -0.4 is 10.6 Å². The fraction of sp³-hybridized carbons (Fsp3) is 0.375. The lowest BCUT2D eigenvalue weighted by atomic mass is 9.88. The van der Waals surface area contributed by atoms with Gasteiger partial charge in [0.15, 0.2) is 5.13 Å². The number of ether oxygens (including phenoxy) is 1. The first-order chi connectivity index (χ1) is 11.8. The largest absolute Gasteiger partial charge is 0.465 e. The highest BCUT2D eigenvalue weighted by Crippen LogP contribution is 2.32. The predicted octanol–water partition coefficient (Wildman–Crippen LogP) is 2.56. The molecule has 0 atom stereocenters. The molecular formula is C16H17N3O4S2. The molecule has 2 N–H and O–H groups in total. The number of nitrogens with one attached hydrogen (secondary N) is 2. The number of nitrogens with zero attached hydrogens (tertiary/aromatic N) is 1. The lowest BCUT2D eigenvalue weighted by Gasteiger charge is -2.21. The van der Waals surface area contributed by atoms with Crippen molar-refractivity contribution in [2.45, 2.75) is 20.3 Å². The molecule has 7 nitrogen and oxygen atoms in total. The molecular weight excluding hydrogens is 362 g/mol. The molecule has 0 saturated heterocycles. The second-order valence-corrected chi connectivity index (χ2v) is 8.51. The minimum atomic E-state index is -0.482. The van der Waals surface area contributed by atoms with Crippen LogP contribution in [0.1, 0.15) is 48.6 Å². The van der Waals surface area contributed by atoms with Crippen molar-refractivity contribution in [3.8, 4) is 0 Å². The molecule has 2 aromatic rings. The first-order valence-corrected chi connectivity index (χ1v) is 9.20. The van der Waals surface area contributed by atoms with Crippen molar-refractivity contribution in [3.05, 3.63) is 32.5 Å². The maximum atomic E-state index is 12.3.